The van der Waals surface area contributed by atoms with Crippen LogP contribution in [0.25, 0.3) is 10.8 Å². The van der Waals surface area contributed by atoms with Crippen LogP contribution in [-0.4, -0.2) is 47.2 Å². The summed E-state index contributed by atoms with van der Waals surface area (Å²) in [4.78, 5) is 13.9. The largest absolute Gasteiger partial charge is 0.354 e. The van der Waals surface area contributed by atoms with Crippen molar-refractivity contribution in [2.24, 2.45) is 0 Å². The Kier molecular flexibility index (Phi) is 6.63. The van der Waals surface area contributed by atoms with Crippen LogP contribution in [0.4, 0.5) is 11.6 Å². The van der Waals surface area contributed by atoms with Gasteiger partial charge in [-0.25, -0.2) is 9.97 Å². The molecule has 2 aromatic heterocycles. The highest BCUT2D eigenvalue weighted by atomic mass is 79.9. The maximum atomic E-state index is 4.59. The maximum Gasteiger partial charge on any atom is 0.135 e. The predicted molar refractivity (Wildman–Crippen MR) is 118 cm³/mol. The Morgan fingerprint density at radius 3 is 2.44 bits per heavy atom. The SMILES string of the molecule is Br.CCC(Nc1nccc2ccccc12)N1CCN(c2ccccn2)CC1. The van der Waals surface area contributed by atoms with Gasteiger partial charge in [-0.3, -0.25) is 4.90 Å². The second-order valence-corrected chi connectivity index (χ2v) is 6.66. The van der Waals surface area contributed by atoms with Crippen molar-refractivity contribution in [1.29, 1.82) is 0 Å². The van der Waals surface area contributed by atoms with Gasteiger partial charge < -0.3 is 10.2 Å². The molecule has 6 heteroatoms. The van der Waals surface area contributed by atoms with Crippen molar-refractivity contribution < 1.29 is 0 Å². The van der Waals surface area contributed by atoms with E-state index in [1.54, 1.807) is 0 Å². The zero-order valence-electron chi connectivity index (χ0n) is 15.6. The highest BCUT2D eigenvalue weighted by Gasteiger charge is 2.23. The predicted octanol–water partition coefficient (Wildman–Crippen LogP) is 4.18. The lowest BCUT2D eigenvalue weighted by atomic mass is 10.1. The molecule has 0 spiro atoms. The quantitative estimate of drug-likeness (QED) is 0.661. The third-order valence-corrected chi connectivity index (χ3v) is 5.09. The van der Waals surface area contributed by atoms with Gasteiger partial charge in [0.05, 0.1) is 6.17 Å². The number of halogens is 1. The van der Waals surface area contributed by atoms with Gasteiger partial charge in [0.25, 0.3) is 0 Å². The first-order valence-corrected chi connectivity index (χ1v) is 9.35. The summed E-state index contributed by atoms with van der Waals surface area (Å²) in [7, 11) is 0. The standard InChI is InChI=1S/C21H25N5.BrH/c1-2-19(24-21-18-8-4-3-7-17(18)10-12-23-21)25-13-15-26(16-14-25)20-9-5-6-11-22-20;/h3-12,19H,2,13-16H2,1H3,(H,23,24);1H. The van der Waals surface area contributed by atoms with E-state index in [0.717, 1.165) is 44.2 Å². The van der Waals surface area contributed by atoms with Crippen molar-refractivity contribution in [3.05, 3.63) is 60.9 Å². The summed E-state index contributed by atoms with van der Waals surface area (Å²) < 4.78 is 0. The molecule has 4 rings (SSSR count). The minimum Gasteiger partial charge on any atom is -0.354 e. The average molecular weight is 428 g/mol. The third kappa shape index (κ3) is 4.39. The Morgan fingerprint density at radius 2 is 1.70 bits per heavy atom. The first-order valence-electron chi connectivity index (χ1n) is 9.35. The minimum absolute atomic E-state index is 0. The number of pyridine rings is 2. The van der Waals surface area contributed by atoms with E-state index in [-0.39, 0.29) is 17.0 Å². The van der Waals surface area contributed by atoms with Gasteiger partial charge in [0, 0.05) is 44.0 Å². The highest BCUT2D eigenvalue weighted by molar-refractivity contribution is 8.93. The first-order chi connectivity index (χ1) is 12.8. The van der Waals surface area contributed by atoms with Gasteiger partial charge in [-0.15, -0.1) is 17.0 Å². The van der Waals surface area contributed by atoms with Crippen LogP contribution < -0.4 is 10.2 Å². The molecule has 0 saturated carbocycles. The average Bonchev–Trinajstić information content (AvgIpc) is 2.73. The van der Waals surface area contributed by atoms with Crippen molar-refractivity contribution in [1.82, 2.24) is 14.9 Å². The molecule has 0 radical (unpaired) electrons. The molecule has 1 atom stereocenters. The molecular formula is C21H26BrN5. The van der Waals surface area contributed by atoms with E-state index in [1.165, 1.54) is 10.8 Å². The molecule has 1 aliphatic rings. The maximum absolute atomic E-state index is 4.59. The van der Waals surface area contributed by atoms with Crippen LogP contribution in [0.3, 0.4) is 0 Å². The van der Waals surface area contributed by atoms with Crippen LogP contribution in [0.15, 0.2) is 60.9 Å². The number of nitrogens with one attached hydrogen (secondary N) is 1. The number of hydrogen-bond donors (Lipinski definition) is 1. The molecule has 0 aliphatic carbocycles. The van der Waals surface area contributed by atoms with Crippen molar-refractivity contribution in [3.8, 4) is 0 Å². The number of hydrogen-bond acceptors (Lipinski definition) is 5. The van der Waals surface area contributed by atoms with Gasteiger partial charge in [0.15, 0.2) is 0 Å². The van der Waals surface area contributed by atoms with Crippen molar-refractivity contribution in [2.75, 3.05) is 36.4 Å². The number of aromatic nitrogens is 2. The number of anilines is 2. The second-order valence-electron chi connectivity index (χ2n) is 6.66. The van der Waals surface area contributed by atoms with E-state index in [9.17, 15) is 0 Å². The lowest BCUT2D eigenvalue weighted by Gasteiger charge is -2.40. The highest BCUT2D eigenvalue weighted by Crippen LogP contribution is 2.23. The molecule has 1 aliphatic heterocycles. The molecule has 0 bridgehead atoms. The minimum atomic E-state index is 0. The Bertz CT molecular complexity index is 844. The molecule has 5 nitrogen and oxygen atoms in total. The van der Waals surface area contributed by atoms with Crippen LogP contribution in [0.5, 0.6) is 0 Å². The molecule has 142 valence electrons. The number of benzene rings is 1. The number of fused-ring (bicyclic) bond motifs is 1. The second kappa shape index (κ2) is 9.15. The molecule has 1 unspecified atom stereocenters. The van der Waals surface area contributed by atoms with Gasteiger partial charge in [-0.1, -0.05) is 37.3 Å². The van der Waals surface area contributed by atoms with E-state index < -0.39 is 0 Å². The molecule has 3 aromatic rings. The van der Waals surface area contributed by atoms with Crippen molar-refractivity contribution >= 4 is 39.4 Å². The number of nitrogens with zero attached hydrogens (tertiary/aromatic N) is 4. The third-order valence-electron chi connectivity index (χ3n) is 5.09. The van der Waals surface area contributed by atoms with E-state index in [4.69, 9.17) is 0 Å². The van der Waals surface area contributed by atoms with Crippen molar-refractivity contribution in [3.63, 3.8) is 0 Å². The molecule has 1 fully saturated rings. The summed E-state index contributed by atoms with van der Waals surface area (Å²) in [5.41, 5.74) is 0. The molecule has 3 heterocycles. The summed E-state index contributed by atoms with van der Waals surface area (Å²) in [6.07, 6.45) is 5.08. The normalized spacial score (nSPS) is 16.0. The fourth-order valence-electron chi connectivity index (χ4n) is 3.65. The van der Waals surface area contributed by atoms with Crippen molar-refractivity contribution in [2.45, 2.75) is 19.5 Å². The van der Waals surface area contributed by atoms with Gasteiger partial charge in [0.2, 0.25) is 0 Å². The molecule has 0 amide bonds. The number of piperazine rings is 1. The molecule has 1 aromatic carbocycles. The Balaban J connectivity index is 0.00000210. The smallest absolute Gasteiger partial charge is 0.135 e. The molecule has 27 heavy (non-hydrogen) atoms. The molecule has 1 saturated heterocycles. The topological polar surface area (TPSA) is 44.3 Å². The fourth-order valence-corrected chi connectivity index (χ4v) is 3.65. The van der Waals surface area contributed by atoms with Gasteiger partial charge >= 0.3 is 0 Å². The van der Waals surface area contributed by atoms with E-state index >= 15 is 0 Å². The van der Waals surface area contributed by atoms with E-state index in [1.807, 2.05) is 18.5 Å². The summed E-state index contributed by atoms with van der Waals surface area (Å²) in [6.45, 7) is 6.27. The Labute approximate surface area is 171 Å². The van der Waals surface area contributed by atoms with Crippen LogP contribution in [0.1, 0.15) is 13.3 Å². The first kappa shape index (κ1) is 19.6. The lowest BCUT2D eigenvalue weighted by Crippen LogP contribution is -2.52. The van der Waals surface area contributed by atoms with Crippen LogP contribution in [0, 0.1) is 0 Å². The van der Waals surface area contributed by atoms with Crippen LogP contribution >= 0.6 is 17.0 Å². The zero-order chi connectivity index (χ0) is 17.8. The lowest BCUT2D eigenvalue weighted by molar-refractivity contribution is 0.198. The van der Waals surface area contributed by atoms with Gasteiger partial charge in [-0.2, -0.15) is 0 Å². The Hall–Kier alpha value is -2.18. The van der Waals surface area contributed by atoms with Gasteiger partial charge in [0.1, 0.15) is 11.6 Å². The summed E-state index contributed by atoms with van der Waals surface area (Å²) >= 11 is 0. The fraction of sp³-hybridized carbons (Fsp3) is 0.333. The Morgan fingerprint density at radius 1 is 0.926 bits per heavy atom. The zero-order valence-corrected chi connectivity index (χ0v) is 17.3. The van der Waals surface area contributed by atoms with Crippen LogP contribution in [0.2, 0.25) is 0 Å². The summed E-state index contributed by atoms with van der Waals surface area (Å²) in [5, 5.41) is 6.08. The summed E-state index contributed by atoms with van der Waals surface area (Å²) in [5.74, 6) is 2.05. The van der Waals surface area contributed by atoms with E-state index in [2.05, 4.69) is 74.5 Å². The number of rotatable bonds is 5. The van der Waals surface area contributed by atoms with E-state index in [0.29, 0.717) is 6.17 Å². The van der Waals surface area contributed by atoms with Gasteiger partial charge in [-0.05, 0) is 30.0 Å². The monoisotopic (exact) mass is 427 g/mol. The van der Waals surface area contributed by atoms with Crippen LogP contribution in [-0.2, 0) is 0 Å². The molecular weight excluding hydrogens is 402 g/mol. The molecule has 1 N–H and O–H groups in total. The summed E-state index contributed by atoms with van der Waals surface area (Å²) in [6, 6.07) is 16.6.